The molecule has 112 valence electrons. The number of fused-ring (bicyclic) bond motifs is 1. The normalized spacial score (nSPS) is 19.3. The molecule has 1 aromatic heterocycles. The highest BCUT2D eigenvalue weighted by Crippen LogP contribution is 2.30. The van der Waals surface area contributed by atoms with Gasteiger partial charge in [-0.05, 0) is 39.1 Å². The Morgan fingerprint density at radius 3 is 2.95 bits per heavy atom. The number of aromatic amines is 1. The summed E-state index contributed by atoms with van der Waals surface area (Å²) in [6, 6.07) is 5.50. The van der Waals surface area contributed by atoms with Gasteiger partial charge in [0.15, 0.2) is 0 Å². The van der Waals surface area contributed by atoms with Gasteiger partial charge in [-0.1, -0.05) is 11.6 Å². The molecule has 1 fully saturated rings. The molecule has 1 atom stereocenters. The van der Waals surface area contributed by atoms with E-state index in [1.165, 1.54) is 0 Å². The maximum atomic E-state index is 11.7. The molecule has 2 heterocycles. The second kappa shape index (κ2) is 5.70. The molecule has 0 saturated carbocycles. The molecule has 21 heavy (non-hydrogen) atoms. The van der Waals surface area contributed by atoms with Crippen LogP contribution >= 0.6 is 11.6 Å². The predicted molar refractivity (Wildman–Crippen MR) is 85.4 cm³/mol. The molecule has 0 radical (unpaired) electrons. The Morgan fingerprint density at radius 1 is 1.43 bits per heavy atom. The van der Waals surface area contributed by atoms with Gasteiger partial charge in [0.2, 0.25) is 0 Å². The van der Waals surface area contributed by atoms with Gasteiger partial charge in [0.1, 0.15) is 5.75 Å². The Kier molecular flexibility index (Phi) is 3.91. The minimum absolute atomic E-state index is 0.0757. The van der Waals surface area contributed by atoms with E-state index >= 15 is 0 Å². The van der Waals surface area contributed by atoms with Crippen molar-refractivity contribution in [3.63, 3.8) is 0 Å². The van der Waals surface area contributed by atoms with Crippen LogP contribution in [0.4, 0.5) is 0 Å². The van der Waals surface area contributed by atoms with Crippen LogP contribution in [-0.4, -0.2) is 36.6 Å². The first-order chi connectivity index (χ1) is 10.0. The van der Waals surface area contributed by atoms with Gasteiger partial charge in [0.25, 0.3) is 5.56 Å². The molecule has 0 bridgehead atoms. The number of benzene rings is 1. The van der Waals surface area contributed by atoms with Crippen molar-refractivity contribution in [2.24, 2.45) is 5.92 Å². The van der Waals surface area contributed by atoms with E-state index in [-0.39, 0.29) is 5.56 Å². The van der Waals surface area contributed by atoms with E-state index < -0.39 is 0 Å². The van der Waals surface area contributed by atoms with Crippen LogP contribution < -0.4 is 10.3 Å². The Labute approximate surface area is 128 Å². The van der Waals surface area contributed by atoms with Crippen LogP contribution in [0.15, 0.2) is 23.0 Å². The number of hydrogen-bond donors (Lipinski definition) is 1. The summed E-state index contributed by atoms with van der Waals surface area (Å²) in [4.78, 5) is 16.9. The lowest BCUT2D eigenvalue weighted by atomic mass is 10.1. The largest absolute Gasteiger partial charge is 0.492 e. The number of ether oxygens (including phenoxy) is 1. The summed E-state index contributed by atoms with van der Waals surface area (Å²) in [5.74, 6) is 1.18. The predicted octanol–water partition coefficient (Wildman–Crippen LogP) is 2.82. The maximum absolute atomic E-state index is 11.7. The third-order valence-corrected chi connectivity index (χ3v) is 4.34. The molecular weight excluding hydrogens is 288 g/mol. The van der Waals surface area contributed by atoms with Gasteiger partial charge in [-0.2, -0.15) is 0 Å². The molecule has 1 aromatic carbocycles. The summed E-state index contributed by atoms with van der Waals surface area (Å²) in [5, 5.41) is 1.50. The number of H-pyrrole nitrogens is 1. The second-order valence-electron chi connectivity index (χ2n) is 5.88. The van der Waals surface area contributed by atoms with Crippen molar-refractivity contribution in [1.82, 2.24) is 9.88 Å². The molecule has 3 rings (SSSR count). The monoisotopic (exact) mass is 306 g/mol. The molecule has 1 saturated heterocycles. The number of likely N-dealkylation sites (tertiary alicyclic amines) is 1. The average molecular weight is 307 g/mol. The number of aryl methyl sites for hydroxylation is 1. The van der Waals surface area contributed by atoms with Gasteiger partial charge in [0.05, 0.1) is 17.1 Å². The fourth-order valence-electron chi connectivity index (χ4n) is 2.80. The zero-order chi connectivity index (χ0) is 15.0. The summed E-state index contributed by atoms with van der Waals surface area (Å²) in [6.07, 6.45) is 1.15. The van der Waals surface area contributed by atoms with Crippen molar-refractivity contribution in [2.75, 3.05) is 26.7 Å². The first-order valence-corrected chi connectivity index (χ1v) is 7.55. The highest BCUT2D eigenvalue weighted by atomic mass is 35.5. The number of hydrogen-bond acceptors (Lipinski definition) is 3. The maximum Gasteiger partial charge on any atom is 0.251 e. The van der Waals surface area contributed by atoms with Crippen LogP contribution in [0.3, 0.4) is 0 Å². The molecule has 4 nitrogen and oxygen atoms in total. The smallest absolute Gasteiger partial charge is 0.251 e. The summed E-state index contributed by atoms with van der Waals surface area (Å²) in [7, 11) is 2.12. The quantitative estimate of drug-likeness (QED) is 0.948. The van der Waals surface area contributed by atoms with Crippen LogP contribution in [0.1, 0.15) is 12.0 Å². The standard InChI is InChI=1S/C16H19ClN2O2/c1-10-5-12-6-13(17)15(7-14(12)18-16(10)20)21-9-11-3-4-19(2)8-11/h5-7,11H,3-4,8-9H2,1-2H3,(H,18,20). The number of halogens is 1. The third-order valence-electron chi connectivity index (χ3n) is 4.05. The summed E-state index contributed by atoms with van der Waals surface area (Å²) >= 11 is 6.28. The van der Waals surface area contributed by atoms with E-state index in [0.717, 1.165) is 30.4 Å². The van der Waals surface area contributed by atoms with Crippen LogP contribution in [0.25, 0.3) is 10.9 Å². The second-order valence-corrected chi connectivity index (χ2v) is 6.29. The number of pyridine rings is 1. The number of nitrogens with zero attached hydrogens (tertiary/aromatic N) is 1. The van der Waals surface area contributed by atoms with Crippen molar-refractivity contribution >= 4 is 22.5 Å². The Hall–Kier alpha value is -1.52. The van der Waals surface area contributed by atoms with Crippen LogP contribution in [0, 0.1) is 12.8 Å². The molecule has 0 spiro atoms. The lowest BCUT2D eigenvalue weighted by Crippen LogP contribution is -2.18. The summed E-state index contributed by atoms with van der Waals surface area (Å²) < 4.78 is 5.87. The lowest BCUT2D eigenvalue weighted by molar-refractivity contribution is 0.249. The first-order valence-electron chi connectivity index (χ1n) is 7.17. The molecule has 1 unspecified atom stereocenters. The third kappa shape index (κ3) is 3.06. The molecule has 5 heteroatoms. The Morgan fingerprint density at radius 2 is 2.24 bits per heavy atom. The fourth-order valence-corrected chi connectivity index (χ4v) is 3.02. The van der Waals surface area contributed by atoms with Gasteiger partial charge >= 0.3 is 0 Å². The van der Waals surface area contributed by atoms with E-state index in [9.17, 15) is 4.79 Å². The summed E-state index contributed by atoms with van der Waals surface area (Å²) in [6.45, 7) is 4.62. The molecule has 1 aliphatic heterocycles. The van der Waals surface area contributed by atoms with E-state index in [1.54, 1.807) is 6.92 Å². The minimum Gasteiger partial charge on any atom is -0.492 e. The van der Waals surface area contributed by atoms with Crippen LogP contribution in [-0.2, 0) is 0 Å². The van der Waals surface area contributed by atoms with Crippen molar-refractivity contribution in [3.05, 3.63) is 39.1 Å². The topological polar surface area (TPSA) is 45.3 Å². The van der Waals surface area contributed by atoms with Gasteiger partial charge in [-0.25, -0.2) is 0 Å². The first kappa shape index (κ1) is 14.4. The van der Waals surface area contributed by atoms with Crippen molar-refractivity contribution in [1.29, 1.82) is 0 Å². The van der Waals surface area contributed by atoms with E-state index in [1.807, 2.05) is 18.2 Å². The van der Waals surface area contributed by atoms with Gasteiger partial charge in [-0.3, -0.25) is 4.79 Å². The fraction of sp³-hybridized carbons (Fsp3) is 0.438. The van der Waals surface area contributed by atoms with E-state index in [0.29, 0.717) is 28.9 Å². The SMILES string of the molecule is Cc1cc2cc(Cl)c(OCC3CCN(C)C3)cc2[nH]c1=O. The van der Waals surface area contributed by atoms with Gasteiger partial charge in [-0.15, -0.1) is 0 Å². The Bertz CT molecular complexity index is 726. The highest BCUT2D eigenvalue weighted by molar-refractivity contribution is 6.32. The van der Waals surface area contributed by atoms with Gasteiger partial charge in [0, 0.05) is 29.5 Å². The molecule has 1 aliphatic rings. The average Bonchev–Trinajstić information content (AvgIpc) is 2.84. The van der Waals surface area contributed by atoms with Crippen LogP contribution in [0.5, 0.6) is 5.75 Å². The summed E-state index contributed by atoms with van der Waals surface area (Å²) in [5.41, 5.74) is 1.36. The molecule has 2 aromatic rings. The number of aromatic nitrogens is 1. The molecule has 1 N–H and O–H groups in total. The molecule has 0 amide bonds. The zero-order valence-electron chi connectivity index (χ0n) is 12.3. The minimum atomic E-state index is -0.0757. The zero-order valence-corrected chi connectivity index (χ0v) is 13.0. The Balaban J connectivity index is 1.83. The highest BCUT2D eigenvalue weighted by Gasteiger charge is 2.20. The molecular formula is C16H19ClN2O2. The number of rotatable bonds is 3. The van der Waals surface area contributed by atoms with E-state index in [4.69, 9.17) is 16.3 Å². The lowest BCUT2D eigenvalue weighted by Gasteiger charge is -2.14. The van der Waals surface area contributed by atoms with Crippen molar-refractivity contribution in [3.8, 4) is 5.75 Å². The van der Waals surface area contributed by atoms with Crippen molar-refractivity contribution in [2.45, 2.75) is 13.3 Å². The van der Waals surface area contributed by atoms with Gasteiger partial charge < -0.3 is 14.6 Å². The van der Waals surface area contributed by atoms with E-state index in [2.05, 4.69) is 16.9 Å². The van der Waals surface area contributed by atoms with Crippen molar-refractivity contribution < 1.29 is 4.74 Å². The molecule has 0 aliphatic carbocycles. The van der Waals surface area contributed by atoms with Crippen LogP contribution in [0.2, 0.25) is 5.02 Å². The number of nitrogens with one attached hydrogen (secondary N) is 1.